The van der Waals surface area contributed by atoms with Crippen LogP contribution in [0.5, 0.6) is 0 Å². The molecule has 0 radical (unpaired) electrons. The van der Waals surface area contributed by atoms with Gasteiger partial charge in [-0.25, -0.2) is 0 Å². The minimum absolute atomic E-state index is 0.394. The van der Waals surface area contributed by atoms with Gasteiger partial charge in [-0.15, -0.1) is 0 Å². The van der Waals surface area contributed by atoms with Crippen LogP contribution in [0.1, 0.15) is 17.5 Å². The van der Waals surface area contributed by atoms with Gasteiger partial charge in [0.2, 0.25) is 0 Å². The van der Waals surface area contributed by atoms with E-state index >= 15 is 0 Å². The van der Waals surface area contributed by atoms with Crippen LogP contribution in [0.15, 0.2) is 60.7 Å². The van der Waals surface area contributed by atoms with Crippen molar-refractivity contribution in [3.8, 4) is 11.8 Å². The van der Waals surface area contributed by atoms with Gasteiger partial charge in [-0.3, -0.25) is 0 Å². The Balaban J connectivity index is 1.76. The Labute approximate surface area is 143 Å². The lowest BCUT2D eigenvalue weighted by Gasteiger charge is -2.27. The highest BCUT2D eigenvalue weighted by atomic mass is 16.5. The van der Waals surface area contributed by atoms with E-state index in [0.717, 1.165) is 44.0 Å². The second-order valence-electron chi connectivity index (χ2n) is 6.16. The van der Waals surface area contributed by atoms with Crippen molar-refractivity contribution in [2.45, 2.75) is 12.0 Å². The van der Waals surface area contributed by atoms with Crippen LogP contribution < -0.4 is 4.90 Å². The van der Waals surface area contributed by atoms with Crippen molar-refractivity contribution in [2.75, 3.05) is 32.8 Å². The number of nitrogens with one attached hydrogen (secondary N) is 1. The van der Waals surface area contributed by atoms with Gasteiger partial charge >= 0.3 is 0 Å². The van der Waals surface area contributed by atoms with E-state index in [4.69, 9.17) is 4.74 Å². The molecule has 124 valence electrons. The molecule has 3 nitrogen and oxygen atoms in total. The third kappa shape index (κ3) is 4.04. The minimum atomic E-state index is -1.07. The lowest BCUT2D eigenvalue weighted by Crippen LogP contribution is -3.14. The molecule has 1 aliphatic heterocycles. The second-order valence-corrected chi connectivity index (χ2v) is 6.16. The summed E-state index contributed by atoms with van der Waals surface area (Å²) in [6.45, 7) is 4.46. The van der Waals surface area contributed by atoms with E-state index in [1.807, 2.05) is 60.7 Å². The third-order valence-electron chi connectivity index (χ3n) is 4.51. The summed E-state index contributed by atoms with van der Waals surface area (Å²) in [5.74, 6) is 6.46. The normalized spacial score (nSPS) is 15.5. The predicted octanol–water partition coefficient (Wildman–Crippen LogP) is 1.23. The average Bonchev–Trinajstić information content (AvgIpc) is 2.67. The Hall–Kier alpha value is -2.12. The number of rotatable bonds is 4. The Morgan fingerprint density at radius 2 is 1.42 bits per heavy atom. The fraction of sp³-hybridized carbons (Fsp3) is 0.333. The maximum Gasteiger partial charge on any atom is 0.139 e. The summed E-state index contributed by atoms with van der Waals surface area (Å²) < 4.78 is 5.37. The highest BCUT2D eigenvalue weighted by Gasteiger charge is 2.30. The Morgan fingerprint density at radius 1 is 0.875 bits per heavy atom. The first-order valence-corrected chi connectivity index (χ1v) is 8.49. The summed E-state index contributed by atoms with van der Waals surface area (Å²) in [6.07, 6.45) is 0.394. The SMILES string of the molecule is OC(CC#CC[NH+]1CCOCC1)(c1ccccc1)c1ccccc1. The fourth-order valence-electron chi connectivity index (χ4n) is 3.01. The Bertz CT molecular complexity index is 643. The zero-order valence-electron chi connectivity index (χ0n) is 13.9. The van der Waals surface area contributed by atoms with Crippen LogP contribution >= 0.6 is 0 Å². The largest absolute Gasteiger partial charge is 0.379 e. The van der Waals surface area contributed by atoms with Gasteiger partial charge in [0, 0.05) is 6.42 Å². The number of ether oxygens (including phenoxy) is 1. The molecule has 0 unspecified atom stereocenters. The Morgan fingerprint density at radius 3 is 1.96 bits per heavy atom. The molecule has 1 fully saturated rings. The van der Waals surface area contributed by atoms with Gasteiger partial charge in [0.15, 0.2) is 0 Å². The standard InChI is InChI=1S/C21H23NO2/c23-21(19-9-3-1-4-10-19,20-11-5-2-6-12-20)13-7-8-14-22-15-17-24-18-16-22/h1-6,9-12,23H,13-18H2/p+1. The summed E-state index contributed by atoms with van der Waals surface area (Å²) in [4.78, 5) is 1.46. The molecule has 0 aromatic heterocycles. The van der Waals surface area contributed by atoms with Crippen molar-refractivity contribution in [2.24, 2.45) is 0 Å². The highest BCUT2D eigenvalue weighted by Crippen LogP contribution is 2.32. The van der Waals surface area contributed by atoms with Crippen molar-refractivity contribution in [3.05, 3.63) is 71.8 Å². The molecule has 3 rings (SSSR count). The number of quaternary nitrogens is 1. The molecule has 0 saturated carbocycles. The van der Waals surface area contributed by atoms with Crippen molar-refractivity contribution in [3.63, 3.8) is 0 Å². The number of hydrogen-bond acceptors (Lipinski definition) is 2. The van der Waals surface area contributed by atoms with Gasteiger partial charge in [-0.2, -0.15) is 0 Å². The summed E-state index contributed by atoms with van der Waals surface area (Å²) in [6, 6.07) is 19.6. The van der Waals surface area contributed by atoms with Gasteiger partial charge in [0.25, 0.3) is 0 Å². The van der Waals surface area contributed by atoms with Crippen LogP contribution in [0.2, 0.25) is 0 Å². The molecule has 1 aliphatic rings. The maximum absolute atomic E-state index is 11.4. The number of aliphatic hydroxyl groups is 1. The molecule has 0 spiro atoms. The van der Waals surface area contributed by atoms with Crippen LogP contribution in [0, 0.1) is 11.8 Å². The van der Waals surface area contributed by atoms with Gasteiger partial charge in [-0.05, 0) is 17.0 Å². The summed E-state index contributed by atoms with van der Waals surface area (Å²) in [5.41, 5.74) is 0.684. The molecule has 2 aromatic carbocycles. The molecular weight excluding hydrogens is 298 g/mol. The monoisotopic (exact) mass is 322 g/mol. The summed E-state index contributed by atoms with van der Waals surface area (Å²) in [5, 5.41) is 11.4. The quantitative estimate of drug-likeness (QED) is 0.831. The zero-order valence-corrected chi connectivity index (χ0v) is 13.9. The van der Waals surface area contributed by atoms with E-state index < -0.39 is 5.60 Å². The van der Waals surface area contributed by atoms with Crippen molar-refractivity contribution < 1.29 is 14.7 Å². The lowest BCUT2D eigenvalue weighted by atomic mass is 9.84. The molecule has 24 heavy (non-hydrogen) atoms. The van der Waals surface area contributed by atoms with E-state index in [9.17, 15) is 5.11 Å². The molecule has 2 aromatic rings. The van der Waals surface area contributed by atoms with Crippen LogP contribution in [0.3, 0.4) is 0 Å². The molecule has 0 atom stereocenters. The summed E-state index contributed by atoms with van der Waals surface area (Å²) in [7, 11) is 0. The zero-order chi connectivity index (χ0) is 16.7. The second kappa shape index (κ2) is 8.12. The van der Waals surface area contributed by atoms with Gasteiger partial charge in [0.1, 0.15) is 25.2 Å². The lowest BCUT2D eigenvalue weighted by molar-refractivity contribution is -0.900. The molecule has 0 amide bonds. The van der Waals surface area contributed by atoms with Crippen LogP contribution in [0.4, 0.5) is 0 Å². The van der Waals surface area contributed by atoms with E-state index in [1.54, 1.807) is 0 Å². The highest BCUT2D eigenvalue weighted by molar-refractivity contribution is 5.37. The van der Waals surface area contributed by atoms with E-state index in [1.165, 1.54) is 4.90 Å². The first-order valence-electron chi connectivity index (χ1n) is 8.49. The molecule has 0 bridgehead atoms. The minimum Gasteiger partial charge on any atom is -0.379 e. The van der Waals surface area contributed by atoms with Crippen LogP contribution in [-0.2, 0) is 10.3 Å². The van der Waals surface area contributed by atoms with Gasteiger partial charge in [-0.1, -0.05) is 66.6 Å². The molecule has 3 heteroatoms. The van der Waals surface area contributed by atoms with E-state index in [0.29, 0.717) is 6.42 Å². The van der Waals surface area contributed by atoms with Crippen molar-refractivity contribution in [1.82, 2.24) is 0 Å². The van der Waals surface area contributed by atoms with Crippen LogP contribution in [0.25, 0.3) is 0 Å². The summed E-state index contributed by atoms with van der Waals surface area (Å²) >= 11 is 0. The first-order chi connectivity index (χ1) is 11.8. The topological polar surface area (TPSA) is 33.9 Å². The molecule has 2 N–H and O–H groups in total. The molecular formula is C21H24NO2+. The van der Waals surface area contributed by atoms with Crippen molar-refractivity contribution in [1.29, 1.82) is 0 Å². The Kier molecular flexibility index (Phi) is 5.66. The molecule has 1 heterocycles. The number of hydrogen-bond donors (Lipinski definition) is 2. The van der Waals surface area contributed by atoms with E-state index in [2.05, 4.69) is 11.8 Å². The molecule has 1 saturated heterocycles. The van der Waals surface area contributed by atoms with Crippen LogP contribution in [-0.4, -0.2) is 38.0 Å². The van der Waals surface area contributed by atoms with Crippen molar-refractivity contribution >= 4 is 0 Å². The predicted molar refractivity (Wildman–Crippen MR) is 94.7 cm³/mol. The number of morpholine rings is 1. The van der Waals surface area contributed by atoms with Gasteiger partial charge < -0.3 is 14.7 Å². The average molecular weight is 322 g/mol. The fourth-order valence-corrected chi connectivity index (χ4v) is 3.01. The molecule has 0 aliphatic carbocycles. The third-order valence-corrected chi connectivity index (χ3v) is 4.51. The number of benzene rings is 2. The first kappa shape index (κ1) is 16.7. The smallest absolute Gasteiger partial charge is 0.139 e. The van der Waals surface area contributed by atoms with Gasteiger partial charge in [0.05, 0.1) is 13.2 Å². The maximum atomic E-state index is 11.4. The van der Waals surface area contributed by atoms with E-state index in [-0.39, 0.29) is 0 Å².